The van der Waals surface area contributed by atoms with Crippen LogP contribution in [0.15, 0.2) is 17.1 Å². The second-order valence-electron chi connectivity index (χ2n) is 6.19. The summed E-state index contributed by atoms with van der Waals surface area (Å²) in [6.45, 7) is 3.19. The highest BCUT2D eigenvalue weighted by molar-refractivity contribution is 5.89. The fraction of sp³-hybridized carbons (Fsp3) is 0.500. The monoisotopic (exact) mass is 344 g/mol. The number of nitriles is 1. The maximum absolute atomic E-state index is 12.3. The highest BCUT2D eigenvalue weighted by Crippen LogP contribution is 2.36. The normalized spacial score (nSPS) is 16.6. The number of aromatic amines is 1. The lowest BCUT2D eigenvalue weighted by molar-refractivity contribution is 0.0912. The number of hydrogen-bond acceptors (Lipinski definition) is 5. The van der Waals surface area contributed by atoms with E-state index in [1.807, 2.05) is 6.92 Å². The molecule has 0 unspecified atom stereocenters. The van der Waals surface area contributed by atoms with E-state index in [0.717, 1.165) is 0 Å². The van der Waals surface area contributed by atoms with Crippen molar-refractivity contribution in [2.24, 2.45) is 0 Å². The summed E-state index contributed by atoms with van der Waals surface area (Å²) in [5.41, 5.74) is -0.214. The van der Waals surface area contributed by atoms with Gasteiger partial charge in [0.25, 0.3) is 5.56 Å². The molecule has 0 spiro atoms. The molecule has 3 N–H and O–H groups in total. The van der Waals surface area contributed by atoms with Gasteiger partial charge in [-0.25, -0.2) is 4.79 Å². The zero-order chi connectivity index (χ0) is 18.0. The number of nitrogens with zero attached hydrogens (tertiary/aromatic N) is 4. The molecule has 9 heteroatoms. The number of carbonyl (C=O) groups is 1. The lowest BCUT2D eigenvalue weighted by atomic mass is 9.85. The van der Waals surface area contributed by atoms with Gasteiger partial charge in [0.1, 0.15) is 5.39 Å². The molecule has 9 nitrogen and oxygen atoms in total. The standard InChI is InChI=1S/C16H20N6O3/c1-2-18-13-12-11(3-8-19-14(12)23)22(20-13)16(4-7-17)5-9-21(10-6-16)15(24)25/h3,8H,2,4-6,9-10H2,1H3,(H,18,20)(H,19,23)(H,24,25). The Bertz CT molecular complexity index is 885. The number of amides is 1. The molecule has 132 valence electrons. The van der Waals surface area contributed by atoms with Gasteiger partial charge >= 0.3 is 6.09 Å². The van der Waals surface area contributed by atoms with Gasteiger partial charge in [0, 0.05) is 25.8 Å². The average Bonchev–Trinajstić information content (AvgIpc) is 2.96. The van der Waals surface area contributed by atoms with E-state index in [4.69, 9.17) is 0 Å². The summed E-state index contributed by atoms with van der Waals surface area (Å²) >= 11 is 0. The van der Waals surface area contributed by atoms with Gasteiger partial charge < -0.3 is 20.3 Å². The predicted octanol–water partition coefficient (Wildman–Crippen LogP) is 1.54. The number of likely N-dealkylation sites (tertiary alicyclic amines) is 1. The molecular formula is C16H20N6O3. The molecule has 1 amide bonds. The number of piperidine rings is 1. The van der Waals surface area contributed by atoms with Crippen LogP contribution >= 0.6 is 0 Å². The Morgan fingerprint density at radius 3 is 2.84 bits per heavy atom. The number of aromatic nitrogens is 3. The molecule has 0 aliphatic carbocycles. The molecule has 0 radical (unpaired) electrons. The first-order valence-electron chi connectivity index (χ1n) is 8.22. The van der Waals surface area contributed by atoms with Crippen molar-refractivity contribution in [1.29, 1.82) is 5.26 Å². The summed E-state index contributed by atoms with van der Waals surface area (Å²) < 4.78 is 1.75. The first-order chi connectivity index (χ1) is 12.0. The Morgan fingerprint density at radius 2 is 2.24 bits per heavy atom. The topological polar surface area (TPSA) is 127 Å². The largest absolute Gasteiger partial charge is 0.465 e. The van der Waals surface area contributed by atoms with Gasteiger partial charge in [0.15, 0.2) is 5.82 Å². The number of carboxylic acid groups (broad SMARTS) is 1. The summed E-state index contributed by atoms with van der Waals surface area (Å²) in [4.78, 5) is 27.5. The predicted molar refractivity (Wildman–Crippen MR) is 91.6 cm³/mol. The molecule has 0 saturated carbocycles. The fourth-order valence-electron chi connectivity index (χ4n) is 3.45. The number of pyridine rings is 1. The smallest absolute Gasteiger partial charge is 0.407 e. The van der Waals surface area contributed by atoms with Crippen LogP contribution in [0.3, 0.4) is 0 Å². The maximum Gasteiger partial charge on any atom is 0.407 e. The van der Waals surface area contributed by atoms with E-state index in [2.05, 4.69) is 21.5 Å². The molecule has 0 bridgehead atoms. The van der Waals surface area contributed by atoms with Crippen molar-refractivity contribution in [2.45, 2.75) is 31.7 Å². The van der Waals surface area contributed by atoms with Crippen LogP contribution in [0.4, 0.5) is 10.6 Å². The van der Waals surface area contributed by atoms with Crippen molar-refractivity contribution in [3.63, 3.8) is 0 Å². The van der Waals surface area contributed by atoms with E-state index in [1.165, 1.54) is 4.90 Å². The molecule has 25 heavy (non-hydrogen) atoms. The van der Waals surface area contributed by atoms with Crippen LogP contribution in [-0.2, 0) is 5.54 Å². The summed E-state index contributed by atoms with van der Waals surface area (Å²) in [7, 11) is 0. The lowest BCUT2D eigenvalue weighted by Crippen LogP contribution is -2.48. The van der Waals surface area contributed by atoms with Crippen molar-refractivity contribution < 1.29 is 9.90 Å². The van der Waals surface area contributed by atoms with Crippen LogP contribution in [0.25, 0.3) is 10.9 Å². The van der Waals surface area contributed by atoms with Crippen LogP contribution in [0.1, 0.15) is 26.2 Å². The van der Waals surface area contributed by atoms with Crippen molar-refractivity contribution in [2.75, 3.05) is 25.0 Å². The second-order valence-corrected chi connectivity index (χ2v) is 6.19. The van der Waals surface area contributed by atoms with Crippen LogP contribution in [0.2, 0.25) is 0 Å². The minimum absolute atomic E-state index is 0.204. The molecular weight excluding hydrogens is 324 g/mol. The van der Waals surface area contributed by atoms with Crippen molar-refractivity contribution in [1.82, 2.24) is 19.7 Å². The van der Waals surface area contributed by atoms with Crippen LogP contribution < -0.4 is 10.9 Å². The SMILES string of the molecule is CCNc1nn(C2(CC#N)CCN(C(=O)O)CC2)c2cc[nH]c(=O)c12. The summed E-state index contributed by atoms with van der Waals surface area (Å²) in [6.07, 6.45) is 1.76. The Morgan fingerprint density at radius 1 is 1.52 bits per heavy atom. The minimum Gasteiger partial charge on any atom is -0.465 e. The van der Waals surface area contributed by atoms with E-state index in [-0.39, 0.29) is 12.0 Å². The summed E-state index contributed by atoms with van der Waals surface area (Å²) in [5, 5.41) is 26.7. The Hall–Kier alpha value is -3.02. The van der Waals surface area contributed by atoms with Gasteiger partial charge in [-0.05, 0) is 25.8 Å². The highest BCUT2D eigenvalue weighted by Gasteiger charge is 2.40. The number of fused-ring (bicyclic) bond motifs is 1. The average molecular weight is 344 g/mol. The molecule has 1 fully saturated rings. The zero-order valence-electron chi connectivity index (χ0n) is 13.9. The van der Waals surface area contributed by atoms with Crippen molar-refractivity contribution in [3.05, 3.63) is 22.6 Å². The highest BCUT2D eigenvalue weighted by atomic mass is 16.4. The number of H-pyrrole nitrogens is 1. The molecule has 3 rings (SSSR count). The van der Waals surface area contributed by atoms with Gasteiger partial charge in [-0.15, -0.1) is 0 Å². The molecule has 2 aromatic rings. The van der Waals surface area contributed by atoms with Crippen molar-refractivity contribution >= 4 is 22.8 Å². The second kappa shape index (κ2) is 6.47. The lowest BCUT2D eigenvalue weighted by Gasteiger charge is -2.40. The number of hydrogen-bond donors (Lipinski definition) is 3. The van der Waals surface area contributed by atoms with Gasteiger partial charge in [0.05, 0.1) is 23.5 Å². The van der Waals surface area contributed by atoms with E-state index in [0.29, 0.717) is 49.2 Å². The number of rotatable bonds is 4. The van der Waals surface area contributed by atoms with E-state index < -0.39 is 11.6 Å². The van der Waals surface area contributed by atoms with E-state index in [1.54, 1.807) is 16.9 Å². The van der Waals surface area contributed by atoms with Crippen LogP contribution in [0, 0.1) is 11.3 Å². The Labute approximate surface area is 143 Å². The third-order valence-electron chi connectivity index (χ3n) is 4.77. The molecule has 1 saturated heterocycles. The van der Waals surface area contributed by atoms with Gasteiger partial charge in [-0.2, -0.15) is 10.4 Å². The number of anilines is 1. The third-order valence-corrected chi connectivity index (χ3v) is 4.77. The Kier molecular flexibility index (Phi) is 4.35. The van der Waals surface area contributed by atoms with E-state index >= 15 is 0 Å². The molecule has 2 aromatic heterocycles. The fourth-order valence-corrected chi connectivity index (χ4v) is 3.45. The van der Waals surface area contributed by atoms with Gasteiger partial charge in [0.2, 0.25) is 0 Å². The molecule has 0 aromatic carbocycles. The van der Waals surface area contributed by atoms with Gasteiger partial charge in [-0.1, -0.05) is 0 Å². The first kappa shape index (κ1) is 16.8. The molecule has 1 aliphatic rings. The third kappa shape index (κ3) is 2.80. The van der Waals surface area contributed by atoms with Crippen molar-refractivity contribution in [3.8, 4) is 6.07 Å². The summed E-state index contributed by atoms with van der Waals surface area (Å²) in [6, 6.07) is 3.98. The Balaban J connectivity index is 2.12. The van der Waals surface area contributed by atoms with Crippen LogP contribution in [0.5, 0.6) is 0 Å². The zero-order valence-corrected chi connectivity index (χ0v) is 13.9. The quantitative estimate of drug-likeness (QED) is 0.772. The first-order valence-corrected chi connectivity index (χ1v) is 8.22. The minimum atomic E-state index is -0.958. The molecule has 0 atom stereocenters. The maximum atomic E-state index is 12.3. The van der Waals surface area contributed by atoms with Crippen LogP contribution in [-0.4, -0.2) is 50.5 Å². The molecule has 3 heterocycles. The summed E-state index contributed by atoms with van der Waals surface area (Å²) in [5.74, 6) is 0.484. The van der Waals surface area contributed by atoms with E-state index in [9.17, 15) is 20.0 Å². The molecule has 1 aliphatic heterocycles. The van der Waals surface area contributed by atoms with Gasteiger partial charge in [-0.3, -0.25) is 9.48 Å². The number of nitrogens with one attached hydrogen (secondary N) is 2.